The van der Waals surface area contributed by atoms with E-state index in [9.17, 15) is 4.79 Å². The molecule has 0 aliphatic heterocycles. The van der Waals surface area contributed by atoms with E-state index in [2.05, 4.69) is 10.2 Å². The van der Waals surface area contributed by atoms with Gasteiger partial charge in [0.1, 0.15) is 5.82 Å². The second kappa shape index (κ2) is 5.65. The van der Waals surface area contributed by atoms with Crippen LogP contribution in [0.4, 0.5) is 0 Å². The molecule has 84 valence electrons. The summed E-state index contributed by atoms with van der Waals surface area (Å²) in [4.78, 5) is 11.1. The highest BCUT2D eigenvalue weighted by Crippen LogP contribution is 2.01. The number of aromatic amines is 1. The van der Waals surface area contributed by atoms with Gasteiger partial charge in [0, 0.05) is 13.0 Å². The summed E-state index contributed by atoms with van der Waals surface area (Å²) < 4.78 is 7.29. The smallest absolute Gasteiger partial charge is 0.305 e. The van der Waals surface area contributed by atoms with Crippen LogP contribution in [0.3, 0.4) is 0 Å². The Morgan fingerprint density at radius 2 is 2.40 bits per heavy atom. The Morgan fingerprint density at radius 1 is 1.67 bits per heavy atom. The third-order valence-corrected chi connectivity index (χ3v) is 2.33. The van der Waals surface area contributed by atoms with Crippen molar-refractivity contribution in [3.8, 4) is 0 Å². The van der Waals surface area contributed by atoms with Crippen molar-refractivity contribution in [3.63, 3.8) is 0 Å². The fourth-order valence-electron chi connectivity index (χ4n) is 1.27. The van der Waals surface area contributed by atoms with Crippen molar-refractivity contribution in [2.45, 2.75) is 33.2 Å². The highest BCUT2D eigenvalue weighted by atomic mass is 32.1. The number of rotatable bonds is 5. The van der Waals surface area contributed by atoms with Crippen LogP contribution in [0.15, 0.2) is 0 Å². The van der Waals surface area contributed by atoms with Crippen LogP contribution in [-0.4, -0.2) is 27.3 Å². The number of aromatic nitrogens is 3. The number of H-pyrrole nitrogens is 1. The van der Waals surface area contributed by atoms with Gasteiger partial charge in [-0.15, -0.1) is 0 Å². The normalized spacial score (nSPS) is 10.3. The van der Waals surface area contributed by atoms with Gasteiger partial charge in [-0.1, -0.05) is 0 Å². The molecule has 1 N–H and O–H groups in total. The van der Waals surface area contributed by atoms with E-state index in [-0.39, 0.29) is 5.97 Å². The van der Waals surface area contributed by atoms with E-state index < -0.39 is 0 Å². The minimum Gasteiger partial charge on any atom is -0.466 e. The molecule has 0 amide bonds. The van der Waals surface area contributed by atoms with Gasteiger partial charge >= 0.3 is 5.97 Å². The van der Waals surface area contributed by atoms with Gasteiger partial charge in [-0.25, -0.2) is 0 Å². The summed E-state index contributed by atoms with van der Waals surface area (Å²) >= 11 is 5.03. The first-order valence-electron chi connectivity index (χ1n) is 4.92. The molecule has 0 aliphatic rings. The standard InChI is InChI=1S/C9H15N3O2S/c1-3-14-8(13)5-4-6-12-7(2)10-11-9(12)15/h3-6H2,1-2H3,(H,11,15). The highest BCUT2D eigenvalue weighted by Gasteiger charge is 2.04. The van der Waals surface area contributed by atoms with Gasteiger partial charge in [-0.3, -0.25) is 9.89 Å². The molecule has 0 aromatic carbocycles. The molecular weight excluding hydrogens is 214 g/mol. The van der Waals surface area contributed by atoms with Crippen LogP contribution in [0.2, 0.25) is 0 Å². The van der Waals surface area contributed by atoms with Gasteiger partial charge in [0.25, 0.3) is 0 Å². The Morgan fingerprint density at radius 3 is 2.93 bits per heavy atom. The average Bonchev–Trinajstić information content (AvgIpc) is 2.49. The Bertz CT molecular complexity index is 383. The Balaban J connectivity index is 2.38. The van der Waals surface area contributed by atoms with Gasteiger partial charge in [0.2, 0.25) is 0 Å². The third kappa shape index (κ3) is 3.47. The molecule has 1 heterocycles. The predicted octanol–water partition coefficient (Wildman–Crippen LogP) is 1.59. The van der Waals surface area contributed by atoms with E-state index in [4.69, 9.17) is 17.0 Å². The molecule has 0 aliphatic carbocycles. The number of carbonyl (C=O) groups excluding carboxylic acids is 1. The lowest BCUT2D eigenvalue weighted by atomic mass is 10.3. The zero-order valence-electron chi connectivity index (χ0n) is 8.95. The summed E-state index contributed by atoms with van der Waals surface area (Å²) in [6.07, 6.45) is 1.13. The minimum absolute atomic E-state index is 0.162. The summed E-state index contributed by atoms with van der Waals surface area (Å²) in [6, 6.07) is 0. The van der Waals surface area contributed by atoms with Gasteiger partial charge in [0.05, 0.1) is 6.61 Å². The lowest BCUT2D eigenvalue weighted by Crippen LogP contribution is -2.07. The average molecular weight is 229 g/mol. The first kappa shape index (κ1) is 11.9. The van der Waals surface area contributed by atoms with Gasteiger partial charge in [-0.2, -0.15) is 5.10 Å². The largest absolute Gasteiger partial charge is 0.466 e. The number of hydrogen-bond donors (Lipinski definition) is 1. The summed E-state index contributed by atoms with van der Waals surface area (Å²) in [5.41, 5.74) is 0. The molecule has 0 saturated carbocycles. The van der Waals surface area contributed by atoms with E-state index >= 15 is 0 Å². The molecule has 0 bridgehead atoms. The molecule has 0 fully saturated rings. The monoisotopic (exact) mass is 229 g/mol. The Labute approximate surface area is 93.4 Å². The molecule has 5 nitrogen and oxygen atoms in total. The van der Waals surface area contributed by atoms with Crippen molar-refractivity contribution in [1.82, 2.24) is 14.8 Å². The first-order chi connectivity index (χ1) is 7.15. The third-order valence-electron chi connectivity index (χ3n) is 2.02. The van der Waals surface area contributed by atoms with Crippen molar-refractivity contribution in [2.24, 2.45) is 0 Å². The van der Waals surface area contributed by atoms with Crippen molar-refractivity contribution in [2.75, 3.05) is 6.61 Å². The molecule has 0 spiro atoms. The Kier molecular flexibility index (Phi) is 4.48. The SMILES string of the molecule is CCOC(=O)CCCn1c(C)n[nH]c1=S. The fourth-order valence-corrected chi connectivity index (χ4v) is 1.54. The molecule has 1 rings (SSSR count). The quantitative estimate of drug-likeness (QED) is 0.615. The van der Waals surface area contributed by atoms with Gasteiger partial charge in [-0.05, 0) is 32.5 Å². The molecule has 15 heavy (non-hydrogen) atoms. The first-order valence-corrected chi connectivity index (χ1v) is 5.33. The van der Waals surface area contributed by atoms with Crippen molar-refractivity contribution in [3.05, 3.63) is 10.6 Å². The summed E-state index contributed by atoms with van der Waals surface area (Å²) in [5.74, 6) is 0.675. The van der Waals surface area contributed by atoms with Crippen LogP contribution >= 0.6 is 12.2 Å². The van der Waals surface area contributed by atoms with E-state index in [1.807, 2.05) is 11.5 Å². The maximum absolute atomic E-state index is 11.1. The van der Waals surface area contributed by atoms with Crippen molar-refractivity contribution in [1.29, 1.82) is 0 Å². The summed E-state index contributed by atoms with van der Waals surface area (Å²) in [7, 11) is 0. The fraction of sp³-hybridized carbons (Fsp3) is 0.667. The highest BCUT2D eigenvalue weighted by molar-refractivity contribution is 7.71. The van der Waals surface area contributed by atoms with Gasteiger partial charge < -0.3 is 9.30 Å². The van der Waals surface area contributed by atoms with Crippen molar-refractivity contribution < 1.29 is 9.53 Å². The molecule has 1 aromatic rings. The van der Waals surface area contributed by atoms with Crippen molar-refractivity contribution >= 4 is 18.2 Å². The molecule has 0 atom stereocenters. The van der Waals surface area contributed by atoms with Gasteiger partial charge in [0.15, 0.2) is 4.77 Å². The second-order valence-electron chi connectivity index (χ2n) is 3.14. The summed E-state index contributed by atoms with van der Waals surface area (Å²) in [5, 5.41) is 6.68. The number of ether oxygens (including phenoxy) is 1. The number of hydrogen-bond acceptors (Lipinski definition) is 4. The van der Waals surface area contributed by atoms with E-state index in [1.165, 1.54) is 0 Å². The minimum atomic E-state index is -0.162. The Hall–Kier alpha value is -1.17. The zero-order valence-corrected chi connectivity index (χ0v) is 9.76. The second-order valence-corrected chi connectivity index (χ2v) is 3.52. The van der Waals surface area contributed by atoms with E-state index in [0.717, 1.165) is 5.82 Å². The molecule has 6 heteroatoms. The predicted molar refractivity (Wildman–Crippen MR) is 58.0 cm³/mol. The molecule has 0 saturated heterocycles. The molecule has 1 aromatic heterocycles. The van der Waals surface area contributed by atoms with Crippen LogP contribution in [0.25, 0.3) is 0 Å². The number of nitrogens with one attached hydrogen (secondary N) is 1. The lowest BCUT2D eigenvalue weighted by molar-refractivity contribution is -0.143. The zero-order chi connectivity index (χ0) is 11.3. The molecule has 0 radical (unpaired) electrons. The van der Waals surface area contributed by atoms with Crippen LogP contribution < -0.4 is 0 Å². The number of nitrogens with zero attached hydrogens (tertiary/aromatic N) is 2. The van der Waals surface area contributed by atoms with E-state index in [0.29, 0.717) is 30.8 Å². The number of carbonyl (C=O) groups is 1. The van der Waals surface area contributed by atoms with Crippen LogP contribution in [0, 0.1) is 11.7 Å². The topological polar surface area (TPSA) is 59.9 Å². The molecular formula is C9H15N3O2S. The summed E-state index contributed by atoms with van der Waals surface area (Å²) in [6.45, 7) is 4.80. The molecule has 0 unspecified atom stereocenters. The van der Waals surface area contributed by atoms with Crippen LogP contribution in [-0.2, 0) is 16.1 Å². The maximum atomic E-state index is 11.1. The lowest BCUT2D eigenvalue weighted by Gasteiger charge is -2.03. The number of aryl methyl sites for hydroxylation is 1. The maximum Gasteiger partial charge on any atom is 0.305 e. The number of esters is 1. The van der Waals surface area contributed by atoms with Crippen LogP contribution in [0.5, 0.6) is 0 Å². The van der Waals surface area contributed by atoms with E-state index in [1.54, 1.807) is 6.92 Å². The van der Waals surface area contributed by atoms with Crippen LogP contribution in [0.1, 0.15) is 25.6 Å².